The Morgan fingerprint density at radius 2 is 1.54 bits per heavy atom. The van der Waals surface area contributed by atoms with Gasteiger partial charge in [-0.1, -0.05) is 44.5 Å². The van der Waals surface area contributed by atoms with Gasteiger partial charge in [0, 0.05) is 95.2 Å². The van der Waals surface area contributed by atoms with Crippen LogP contribution in [0.3, 0.4) is 0 Å². The van der Waals surface area contributed by atoms with Crippen LogP contribution >= 0.6 is 19.4 Å². The van der Waals surface area contributed by atoms with Crippen molar-refractivity contribution in [2.75, 3.05) is 60.7 Å². The summed E-state index contributed by atoms with van der Waals surface area (Å²) in [5, 5.41) is 31.4. The number of phosphoric ester groups is 1. The molecule has 24 nitrogen and oxygen atoms in total. The number of hydrogen-bond acceptors (Lipinski definition) is 12. The molecule has 0 saturated carbocycles. The van der Waals surface area contributed by atoms with E-state index in [2.05, 4.69) is 42.2 Å². The number of amides is 8. The molecule has 8 amide bonds. The number of carbonyl (C=O) groups is 7. The number of nitro groups is 1. The molecule has 5 aromatic rings. The first-order valence-corrected chi connectivity index (χ1v) is 26.5. The van der Waals surface area contributed by atoms with Gasteiger partial charge in [-0.2, -0.15) is 0 Å². The van der Waals surface area contributed by atoms with Gasteiger partial charge in [0.1, 0.15) is 17.5 Å². The molecule has 1 aliphatic rings. The minimum atomic E-state index is -4.96. The first-order valence-electron chi connectivity index (χ1n) is 24.5. The molecule has 26 heteroatoms. The molecule has 406 valence electrons. The summed E-state index contributed by atoms with van der Waals surface area (Å²) in [6.07, 6.45) is 2.37. The number of carbonyl (C=O) groups excluding carboxylic acids is 7. The van der Waals surface area contributed by atoms with Crippen molar-refractivity contribution in [3.05, 3.63) is 106 Å². The van der Waals surface area contributed by atoms with Crippen LogP contribution in [-0.4, -0.2) is 118 Å². The fourth-order valence-electron chi connectivity index (χ4n) is 8.73. The number of H-pyrrole nitrogens is 1. The predicted molar refractivity (Wildman–Crippen MR) is 285 cm³/mol. The van der Waals surface area contributed by atoms with Crippen LogP contribution in [0.5, 0.6) is 5.75 Å². The summed E-state index contributed by atoms with van der Waals surface area (Å²) in [4.78, 5) is 124. The Labute approximate surface area is 441 Å². The van der Waals surface area contributed by atoms with Crippen LogP contribution in [0.4, 0.5) is 21.9 Å². The van der Waals surface area contributed by atoms with Crippen molar-refractivity contribution in [1.82, 2.24) is 31.6 Å². The summed E-state index contributed by atoms with van der Waals surface area (Å²) >= 11 is 6.41. The number of alkyl halides is 1. The number of anilines is 3. The monoisotopic (exact) mass is 1090 g/mol. The number of urea groups is 1. The van der Waals surface area contributed by atoms with Crippen LogP contribution in [0.1, 0.15) is 84.7 Å². The number of benzene rings is 4. The number of halogens is 1. The number of hydrogen-bond donors (Lipinski definition) is 11. The SMILES string of the molecule is CC(C)[C@H](NCCNC(=O)CCCCCNC(=O)C[N+](=O)[O-])C(=O)N[C@@H](CCCNC(N)=O)C(=O)Nc1ccc(C(=O)Nc2ccc3[nH]c(C(=O)N4C[C@@H](CCl)c5c4cc(OP(=O)(O)O)c4ccccc54)cc3c2)cc1. The summed E-state index contributed by atoms with van der Waals surface area (Å²) < 4.78 is 17.0. The Bertz CT molecular complexity index is 3000. The lowest BCUT2D eigenvalue weighted by molar-refractivity contribution is -0.467. The molecule has 76 heavy (non-hydrogen) atoms. The Balaban J connectivity index is 1.03. The second kappa shape index (κ2) is 26.7. The van der Waals surface area contributed by atoms with E-state index in [0.29, 0.717) is 58.0 Å². The second-order valence-electron chi connectivity index (χ2n) is 18.4. The van der Waals surface area contributed by atoms with Gasteiger partial charge in [0.15, 0.2) is 0 Å². The number of rotatable bonds is 27. The van der Waals surface area contributed by atoms with Gasteiger partial charge in [0.25, 0.3) is 24.3 Å². The molecule has 0 bridgehead atoms. The zero-order chi connectivity index (χ0) is 55.1. The number of aromatic amines is 1. The number of primary amides is 1. The number of fused-ring (bicyclic) bond motifs is 4. The highest BCUT2D eigenvalue weighted by molar-refractivity contribution is 7.46. The van der Waals surface area contributed by atoms with Crippen molar-refractivity contribution in [3.63, 3.8) is 0 Å². The van der Waals surface area contributed by atoms with Crippen LogP contribution in [0.25, 0.3) is 21.7 Å². The Hall–Kier alpha value is -7.63. The summed E-state index contributed by atoms with van der Waals surface area (Å²) in [5.41, 5.74) is 8.17. The van der Waals surface area contributed by atoms with Gasteiger partial charge in [-0.15, -0.1) is 11.6 Å². The zero-order valence-electron chi connectivity index (χ0n) is 41.7. The molecule has 0 spiro atoms. The standard InChI is InChI=1S/C50H61ClN11O13P/c1-29(2)45(55-22-21-54-42(63)12-4-3-7-19-53-43(64)28-62(70)71)48(67)60-38(11-8-20-56-50(52)69)47(66)57-33-15-13-30(14-16-33)46(65)58-34-17-18-37-31(23-34)24-39(59-37)49(68)61-27-32(26-51)44-36-10-6-5-9-35(36)41(25-40(44)61)75-76(72,73)74/h5-6,9-10,13-18,23-25,29,32,38,45,55,59H,3-4,7-8,11-12,19-22,26-28H2,1-2H3,(H,53,64)(H,54,63)(H,57,66)(H,58,65)(H,60,67)(H3,52,56,69)(H2,72,73,74)/t32-,38+,45+/m1/s1. The highest BCUT2D eigenvalue weighted by Crippen LogP contribution is 2.49. The number of phosphoric acid groups is 1. The van der Waals surface area contributed by atoms with Crippen LogP contribution in [-0.2, 0) is 23.7 Å². The maximum absolute atomic E-state index is 14.2. The average molecular weight is 1090 g/mol. The lowest BCUT2D eigenvalue weighted by Gasteiger charge is -2.25. The fraction of sp³-hybridized carbons (Fsp3) is 0.380. The molecule has 0 radical (unpaired) electrons. The molecule has 3 atom stereocenters. The van der Waals surface area contributed by atoms with Crippen LogP contribution < -0.4 is 52.4 Å². The average Bonchev–Trinajstić information content (AvgIpc) is 3.96. The molecular formula is C50H61ClN11O13P. The quantitative estimate of drug-likeness (QED) is 0.0113. The molecule has 1 aromatic heterocycles. The third kappa shape index (κ3) is 16.2. The van der Waals surface area contributed by atoms with Gasteiger partial charge in [-0.05, 0) is 91.1 Å². The van der Waals surface area contributed by atoms with Crippen molar-refractivity contribution in [1.29, 1.82) is 0 Å². The molecule has 0 aliphatic carbocycles. The largest absolute Gasteiger partial charge is 0.524 e. The van der Waals surface area contributed by atoms with Crippen LogP contribution in [0.2, 0.25) is 0 Å². The predicted octanol–water partition coefficient (Wildman–Crippen LogP) is 4.58. The lowest BCUT2D eigenvalue weighted by atomic mass is 9.95. The number of nitrogens with one attached hydrogen (secondary N) is 8. The van der Waals surface area contributed by atoms with E-state index in [1.54, 1.807) is 48.5 Å². The molecule has 0 fully saturated rings. The van der Waals surface area contributed by atoms with E-state index >= 15 is 0 Å². The normalized spacial score (nSPS) is 13.9. The van der Waals surface area contributed by atoms with Gasteiger partial charge in [0.05, 0.1) is 11.7 Å². The first-order chi connectivity index (χ1) is 36.2. The van der Waals surface area contributed by atoms with Crippen molar-refractivity contribution < 1.29 is 57.4 Å². The van der Waals surface area contributed by atoms with E-state index < -0.39 is 66.9 Å². The Morgan fingerprint density at radius 1 is 0.842 bits per heavy atom. The summed E-state index contributed by atoms with van der Waals surface area (Å²) in [7, 11) is -4.96. The molecule has 12 N–H and O–H groups in total. The Kier molecular flexibility index (Phi) is 20.3. The summed E-state index contributed by atoms with van der Waals surface area (Å²) in [6.45, 7) is 3.92. The lowest BCUT2D eigenvalue weighted by Crippen LogP contribution is -2.54. The summed E-state index contributed by atoms with van der Waals surface area (Å²) in [6, 6.07) is 18.6. The van der Waals surface area contributed by atoms with Gasteiger partial charge < -0.3 is 57.4 Å². The summed E-state index contributed by atoms with van der Waals surface area (Å²) in [5.74, 6) is -3.23. The molecule has 1 aliphatic heterocycles. The maximum atomic E-state index is 14.2. The number of aromatic nitrogens is 1. The molecule has 0 unspecified atom stereocenters. The van der Waals surface area contributed by atoms with Gasteiger partial charge in [-0.25, -0.2) is 9.36 Å². The second-order valence-corrected chi connectivity index (χ2v) is 19.9. The van der Waals surface area contributed by atoms with Gasteiger partial charge >= 0.3 is 13.9 Å². The van der Waals surface area contributed by atoms with Crippen molar-refractivity contribution in [3.8, 4) is 5.75 Å². The van der Waals surface area contributed by atoms with Crippen LogP contribution in [0.15, 0.2) is 78.9 Å². The zero-order valence-corrected chi connectivity index (χ0v) is 43.3. The van der Waals surface area contributed by atoms with E-state index in [0.717, 1.165) is 5.56 Å². The van der Waals surface area contributed by atoms with Crippen molar-refractivity contribution in [2.45, 2.75) is 70.4 Å². The molecule has 2 heterocycles. The molecule has 4 aromatic carbocycles. The third-order valence-corrected chi connectivity index (χ3v) is 13.1. The highest BCUT2D eigenvalue weighted by Gasteiger charge is 2.36. The number of unbranched alkanes of at least 4 members (excludes halogenated alkanes) is 2. The fourth-order valence-corrected chi connectivity index (χ4v) is 9.39. The van der Waals surface area contributed by atoms with E-state index in [1.807, 2.05) is 13.8 Å². The van der Waals surface area contributed by atoms with Gasteiger partial charge in [0.2, 0.25) is 17.7 Å². The molecular weight excluding hydrogens is 1030 g/mol. The minimum absolute atomic E-state index is 0.0843. The Morgan fingerprint density at radius 3 is 2.22 bits per heavy atom. The minimum Gasteiger partial charge on any atom is -0.404 e. The van der Waals surface area contributed by atoms with Crippen molar-refractivity contribution in [2.24, 2.45) is 11.7 Å². The maximum Gasteiger partial charge on any atom is 0.524 e. The number of nitrogens with two attached hydrogens (primary N) is 1. The third-order valence-electron chi connectivity index (χ3n) is 12.3. The van der Waals surface area contributed by atoms with E-state index in [1.165, 1.54) is 35.2 Å². The van der Waals surface area contributed by atoms with E-state index in [-0.39, 0.29) is 92.6 Å². The van der Waals surface area contributed by atoms with E-state index in [9.17, 15) is 58.0 Å². The smallest absolute Gasteiger partial charge is 0.404 e. The van der Waals surface area contributed by atoms with Crippen LogP contribution in [0, 0.1) is 16.0 Å². The number of nitrogens with zero attached hydrogens (tertiary/aromatic N) is 2. The highest BCUT2D eigenvalue weighted by atomic mass is 35.5. The van der Waals surface area contributed by atoms with Gasteiger partial charge in [-0.3, -0.25) is 48.7 Å². The van der Waals surface area contributed by atoms with Crippen molar-refractivity contribution >= 4 is 99.6 Å². The molecule has 6 rings (SSSR count). The topological polar surface area (TPSA) is 359 Å². The first kappa shape index (κ1) is 57.6. The molecule has 0 saturated heterocycles. The van der Waals surface area contributed by atoms with E-state index in [4.69, 9.17) is 21.9 Å².